The molecule has 1 fully saturated rings. The van der Waals surface area contributed by atoms with E-state index < -0.39 is 0 Å². The van der Waals surface area contributed by atoms with Gasteiger partial charge in [0.2, 0.25) is 0 Å². The maximum absolute atomic E-state index is 9.45. The number of rotatable bonds is 2. The Balaban J connectivity index is 2.16. The van der Waals surface area contributed by atoms with Crippen LogP contribution in [0, 0.1) is 0 Å². The summed E-state index contributed by atoms with van der Waals surface area (Å²) in [5.41, 5.74) is 5.74. The average molecular weight is 222 g/mol. The van der Waals surface area contributed by atoms with Gasteiger partial charge in [0.05, 0.1) is 6.10 Å². The molecule has 1 saturated heterocycles. The number of nitrogen functional groups attached to an aromatic ring is 1. The van der Waals surface area contributed by atoms with Crippen molar-refractivity contribution < 1.29 is 5.11 Å². The molecule has 2 heterocycles. The van der Waals surface area contributed by atoms with Crippen LogP contribution >= 0.6 is 0 Å². The van der Waals surface area contributed by atoms with Gasteiger partial charge in [-0.2, -0.15) is 0 Å². The summed E-state index contributed by atoms with van der Waals surface area (Å²) in [5.74, 6) is 2.19. The van der Waals surface area contributed by atoms with Crippen LogP contribution in [0.5, 0.6) is 0 Å². The van der Waals surface area contributed by atoms with Crippen molar-refractivity contribution in [3.63, 3.8) is 0 Å². The second kappa shape index (κ2) is 4.65. The molecule has 1 aromatic heterocycles. The summed E-state index contributed by atoms with van der Waals surface area (Å²) in [5, 5.41) is 9.45. The molecule has 0 unspecified atom stereocenters. The van der Waals surface area contributed by atoms with Crippen molar-refractivity contribution in [2.45, 2.75) is 32.3 Å². The van der Waals surface area contributed by atoms with Crippen molar-refractivity contribution in [1.82, 2.24) is 9.97 Å². The highest BCUT2D eigenvalue weighted by Crippen LogP contribution is 2.19. The van der Waals surface area contributed by atoms with Crippen molar-refractivity contribution in [2.24, 2.45) is 0 Å². The summed E-state index contributed by atoms with van der Waals surface area (Å²) in [6.45, 7) is 3.68. The second-order valence-electron chi connectivity index (χ2n) is 4.14. The lowest BCUT2D eigenvalue weighted by atomic mass is 10.1. The zero-order chi connectivity index (χ0) is 11.5. The fraction of sp³-hybridized carbons (Fsp3) is 0.636. The van der Waals surface area contributed by atoms with Gasteiger partial charge in [-0.25, -0.2) is 9.97 Å². The van der Waals surface area contributed by atoms with Crippen molar-refractivity contribution in [3.8, 4) is 0 Å². The topological polar surface area (TPSA) is 75.3 Å². The number of aliphatic hydroxyl groups excluding tert-OH is 1. The Labute approximate surface area is 95.3 Å². The van der Waals surface area contributed by atoms with Gasteiger partial charge < -0.3 is 15.7 Å². The molecule has 3 N–H and O–H groups in total. The molecule has 0 spiro atoms. The van der Waals surface area contributed by atoms with Gasteiger partial charge in [0.25, 0.3) is 0 Å². The van der Waals surface area contributed by atoms with Crippen LogP contribution in [0.3, 0.4) is 0 Å². The van der Waals surface area contributed by atoms with E-state index >= 15 is 0 Å². The third-order valence-electron chi connectivity index (χ3n) is 2.88. The highest BCUT2D eigenvalue weighted by atomic mass is 16.3. The van der Waals surface area contributed by atoms with Crippen LogP contribution in [0.1, 0.15) is 25.6 Å². The molecular formula is C11H18N4O. The summed E-state index contributed by atoms with van der Waals surface area (Å²) in [6, 6.07) is 1.80. The highest BCUT2D eigenvalue weighted by Gasteiger charge is 2.18. The molecule has 0 aliphatic carbocycles. The molecule has 16 heavy (non-hydrogen) atoms. The minimum absolute atomic E-state index is 0.166. The Bertz CT molecular complexity index is 361. The van der Waals surface area contributed by atoms with Crippen molar-refractivity contribution in [1.29, 1.82) is 0 Å². The van der Waals surface area contributed by atoms with Crippen molar-refractivity contribution in [2.75, 3.05) is 23.7 Å². The maximum atomic E-state index is 9.45. The van der Waals surface area contributed by atoms with E-state index in [1.807, 2.05) is 6.92 Å². The standard InChI is InChI=1S/C11H18N4O/c1-2-10-13-9(12)7-11(14-10)15-5-3-8(16)4-6-15/h7-8,16H,2-6H2,1H3,(H2,12,13,14). The molecule has 0 amide bonds. The van der Waals surface area contributed by atoms with Crippen LogP contribution in [0.2, 0.25) is 0 Å². The lowest BCUT2D eigenvalue weighted by Gasteiger charge is -2.30. The van der Waals surface area contributed by atoms with Gasteiger partial charge in [-0.3, -0.25) is 0 Å². The number of aryl methyl sites for hydroxylation is 1. The van der Waals surface area contributed by atoms with Gasteiger partial charge in [-0.05, 0) is 12.8 Å². The number of aromatic nitrogens is 2. The van der Waals surface area contributed by atoms with E-state index in [2.05, 4.69) is 14.9 Å². The van der Waals surface area contributed by atoms with Gasteiger partial charge in [0.1, 0.15) is 17.5 Å². The first-order valence-electron chi connectivity index (χ1n) is 5.75. The fourth-order valence-electron chi connectivity index (χ4n) is 1.92. The van der Waals surface area contributed by atoms with E-state index in [9.17, 15) is 5.11 Å². The van der Waals surface area contributed by atoms with E-state index in [-0.39, 0.29) is 6.10 Å². The van der Waals surface area contributed by atoms with Crippen LogP contribution in [-0.2, 0) is 6.42 Å². The quantitative estimate of drug-likeness (QED) is 0.765. The number of hydrogen-bond acceptors (Lipinski definition) is 5. The monoisotopic (exact) mass is 222 g/mol. The average Bonchev–Trinajstić information content (AvgIpc) is 2.29. The Hall–Kier alpha value is -1.36. The van der Waals surface area contributed by atoms with Crippen molar-refractivity contribution >= 4 is 11.6 Å². The number of piperidine rings is 1. The summed E-state index contributed by atoms with van der Waals surface area (Å²) < 4.78 is 0. The zero-order valence-corrected chi connectivity index (χ0v) is 9.56. The first-order chi connectivity index (χ1) is 7.69. The van der Waals surface area contributed by atoms with Crippen LogP contribution in [-0.4, -0.2) is 34.3 Å². The van der Waals surface area contributed by atoms with Gasteiger partial charge >= 0.3 is 0 Å². The van der Waals surface area contributed by atoms with E-state index in [4.69, 9.17) is 5.73 Å². The summed E-state index contributed by atoms with van der Waals surface area (Å²) in [4.78, 5) is 10.8. The Morgan fingerprint density at radius 2 is 2.12 bits per heavy atom. The van der Waals surface area contributed by atoms with Gasteiger partial charge in [-0.1, -0.05) is 6.92 Å². The number of nitrogens with two attached hydrogens (primary N) is 1. The molecular weight excluding hydrogens is 204 g/mol. The van der Waals surface area contributed by atoms with Gasteiger partial charge in [0.15, 0.2) is 0 Å². The Morgan fingerprint density at radius 1 is 1.44 bits per heavy atom. The molecule has 0 atom stereocenters. The summed E-state index contributed by atoms with van der Waals surface area (Å²) >= 11 is 0. The molecule has 2 rings (SSSR count). The minimum atomic E-state index is -0.166. The molecule has 0 aromatic carbocycles. The smallest absolute Gasteiger partial charge is 0.134 e. The van der Waals surface area contributed by atoms with Crippen LogP contribution in [0.15, 0.2) is 6.07 Å². The molecule has 1 aliphatic heterocycles. The highest BCUT2D eigenvalue weighted by molar-refractivity contribution is 5.47. The van der Waals surface area contributed by atoms with Crippen LogP contribution < -0.4 is 10.6 Å². The first kappa shape index (κ1) is 11.1. The predicted octanol–water partition coefficient (Wildman–Crippen LogP) is 0.582. The molecule has 88 valence electrons. The largest absolute Gasteiger partial charge is 0.393 e. The predicted molar refractivity (Wildman–Crippen MR) is 63.3 cm³/mol. The number of anilines is 2. The van der Waals surface area contributed by atoms with Gasteiger partial charge in [-0.15, -0.1) is 0 Å². The third kappa shape index (κ3) is 2.41. The molecule has 0 bridgehead atoms. The maximum Gasteiger partial charge on any atom is 0.134 e. The van der Waals surface area contributed by atoms with E-state index in [1.165, 1.54) is 0 Å². The van der Waals surface area contributed by atoms with Crippen molar-refractivity contribution in [3.05, 3.63) is 11.9 Å². The Kier molecular flexibility index (Phi) is 3.24. The molecule has 5 nitrogen and oxygen atoms in total. The van der Waals surface area contributed by atoms with Gasteiger partial charge in [0, 0.05) is 25.6 Å². The first-order valence-corrected chi connectivity index (χ1v) is 5.75. The Morgan fingerprint density at radius 3 is 2.75 bits per heavy atom. The number of nitrogens with zero attached hydrogens (tertiary/aromatic N) is 3. The number of aliphatic hydroxyl groups is 1. The summed E-state index contributed by atoms with van der Waals surface area (Å²) in [6.07, 6.45) is 2.21. The molecule has 5 heteroatoms. The van der Waals surface area contributed by atoms with Crippen LogP contribution in [0.25, 0.3) is 0 Å². The molecule has 1 aromatic rings. The second-order valence-corrected chi connectivity index (χ2v) is 4.14. The van der Waals surface area contributed by atoms with Crippen LogP contribution in [0.4, 0.5) is 11.6 Å². The lowest BCUT2D eigenvalue weighted by molar-refractivity contribution is 0.145. The number of hydrogen-bond donors (Lipinski definition) is 2. The SMILES string of the molecule is CCc1nc(N)cc(N2CCC(O)CC2)n1. The zero-order valence-electron chi connectivity index (χ0n) is 9.56. The third-order valence-corrected chi connectivity index (χ3v) is 2.88. The summed E-state index contributed by atoms with van der Waals surface area (Å²) in [7, 11) is 0. The van der Waals surface area contributed by atoms with E-state index in [0.717, 1.165) is 44.0 Å². The molecule has 1 aliphatic rings. The molecule has 0 saturated carbocycles. The fourth-order valence-corrected chi connectivity index (χ4v) is 1.92. The van der Waals surface area contributed by atoms with E-state index in [0.29, 0.717) is 5.82 Å². The molecule has 0 radical (unpaired) electrons. The van der Waals surface area contributed by atoms with E-state index in [1.54, 1.807) is 6.07 Å². The minimum Gasteiger partial charge on any atom is -0.393 e. The lowest BCUT2D eigenvalue weighted by Crippen LogP contribution is -2.36. The normalized spacial score (nSPS) is 17.8.